The van der Waals surface area contributed by atoms with Gasteiger partial charge in [-0.05, 0) is 30.7 Å². The molecule has 1 aromatic carbocycles. The predicted octanol–water partition coefficient (Wildman–Crippen LogP) is 3.79. The van der Waals surface area contributed by atoms with E-state index in [0.29, 0.717) is 18.9 Å². The molecule has 4 nitrogen and oxygen atoms in total. The van der Waals surface area contributed by atoms with Gasteiger partial charge in [0.25, 0.3) is 0 Å². The van der Waals surface area contributed by atoms with Crippen LogP contribution in [0.15, 0.2) is 30.3 Å². The third kappa shape index (κ3) is 5.51. The van der Waals surface area contributed by atoms with Crippen LogP contribution in [-0.4, -0.2) is 30.4 Å². The van der Waals surface area contributed by atoms with Gasteiger partial charge in [-0.2, -0.15) is 0 Å². The molecular formula is C18H25NO3. The van der Waals surface area contributed by atoms with E-state index in [2.05, 4.69) is 0 Å². The summed E-state index contributed by atoms with van der Waals surface area (Å²) in [4.78, 5) is 24.1. The van der Waals surface area contributed by atoms with Crippen molar-refractivity contribution < 1.29 is 14.3 Å². The maximum absolute atomic E-state index is 12.0. The summed E-state index contributed by atoms with van der Waals surface area (Å²) in [5, 5.41) is 0. The van der Waals surface area contributed by atoms with Gasteiger partial charge >= 0.3 is 6.09 Å². The molecule has 22 heavy (non-hydrogen) atoms. The maximum Gasteiger partial charge on any atom is 0.410 e. The molecule has 120 valence electrons. The van der Waals surface area contributed by atoms with Crippen LogP contribution >= 0.6 is 0 Å². The van der Waals surface area contributed by atoms with Crippen LogP contribution in [0.5, 0.6) is 0 Å². The molecule has 0 atom stereocenters. The average molecular weight is 303 g/mol. The number of carbonyl (C=O) groups excluding carboxylic acids is 2. The summed E-state index contributed by atoms with van der Waals surface area (Å²) >= 11 is 0. The third-order valence-corrected chi connectivity index (χ3v) is 4.26. The first kappa shape index (κ1) is 16.5. The second-order valence-corrected chi connectivity index (χ2v) is 5.92. The van der Waals surface area contributed by atoms with E-state index in [1.807, 2.05) is 35.2 Å². The number of unbranched alkanes of at least 4 members (excludes halogenated alkanes) is 2. The van der Waals surface area contributed by atoms with Crippen LogP contribution in [0.3, 0.4) is 0 Å². The highest BCUT2D eigenvalue weighted by Gasteiger charge is 2.23. The number of rotatable bonds is 7. The van der Waals surface area contributed by atoms with E-state index in [1.165, 1.54) is 6.42 Å². The minimum atomic E-state index is -0.205. The molecule has 1 aromatic rings. The monoisotopic (exact) mass is 303 g/mol. The van der Waals surface area contributed by atoms with Crippen molar-refractivity contribution in [2.75, 3.05) is 13.1 Å². The van der Waals surface area contributed by atoms with Gasteiger partial charge < -0.3 is 14.4 Å². The highest BCUT2D eigenvalue weighted by Crippen LogP contribution is 2.23. The average Bonchev–Trinajstić information content (AvgIpc) is 2.58. The van der Waals surface area contributed by atoms with Crippen molar-refractivity contribution in [3.05, 3.63) is 35.9 Å². The Labute approximate surface area is 132 Å². The van der Waals surface area contributed by atoms with Gasteiger partial charge in [-0.3, -0.25) is 0 Å². The summed E-state index contributed by atoms with van der Waals surface area (Å²) in [6.07, 6.45) is 6.81. The van der Waals surface area contributed by atoms with Gasteiger partial charge in [0.1, 0.15) is 12.9 Å². The van der Waals surface area contributed by atoms with Gasteiger partial charge in [0, 0.05) is 19.5 Å². The first-order chi connectivity index (χ1) is 10.8. The molecule has 4 heteroatoms. The van der Waals surface area contributed by atoms with Crippen LogP contribution in [-0.2, 0) is 16.1 Å². The van der Waals surface area contributed by atoms with Crippen molar-refractivity contribution in [2.45, 2.75) is 45.1 Å². The van der Waals surface area contributed by atoms with Crippen molar-refractivity contribution in [3.63, 3.8) is 0 Å². The number of nitrogens with zero attached hydrogens (tertiary/aromatic N) is 1. The number of hydrogen-bond acceptors (Lipinski definition) is 3. The minimum Gasteiger partial charge on any atom is -0.445 e. The molecule has 1 heterocycles. The van der Waals surface area contributed by atoms with Crippen LogP contribution < -0.4 is 0 Å². The van der Waals surface area contributed by atoms with Crippen LogP contribution in [0, 0.1) is 5.92 Å². The van der Waals surface area contributed by atoms with Gasteiger partial charge in [-0.15, -0.1) is 0 Å². The SMILES string of the molecule is O=CCCCCC1CCN(C(=O)OCc2ccccc2)CC1. The number of hydrogen-bond donors (Lipinski definition) is 0. The standard InChI is InChI=1S/C18H25NO3/c20-14-6-2-5-7-16-10-12-19(13-11-16)18(21)22-15-17-8-3-1-4-9-17/h1,3-4,8-9,14,16H,2,5-7,10-13,15H2. The fourth-order valence-electron chi connectivity index (χ4n) is 2.88. The molecule has 0 radical (unpaired) electrons. The van der Waals surface area contributed by atoms with E-state index < -0.39 is 0 Å². The molecule has 2 rings (SSSR count). The Morgan fingerprint density at radius 2 is 1.91 bits per heavy atom. The third-order valence-electron chi connectivity index (χ3n) is 4.26. The quantitative estimate of drug-likeness (QED) is 0.568. The lowest BCUT2D eigenvalue weighted by Crippen LogP contribution is -2.38. The summed E-state index contributed by atoms with van der Waals surface area (Å²) in [6, 6.07) is 9.75. The summed E-state index contributed by atoms with van der Waals surface area (Å²) in [5.74, 6) is 0.685. The summed E-state index contributed by atoms with van der Waals surface area (Å²) in [5.41, 5.74) is 1.01. The number of amides is 1. The second-order valence-electron chi connectivity index (χ2n) is 5.92. The van der Waals surface area contributed by atoms with Crippen molar-refractivity contribution in [1.29, 1.82) is 0 Å². The summed E-state index contributed by atoms with van der Waals surface area (Å²) in [6.45, 7) is 1.91. The van der Waals surface area contributed by atoms with Crippen molar-refractivity contribution in [2.24, 2.45) is 5.92 Å². The molecule has 0 bridgehead atoms. The zero-order valence-electron chi connectivity index (χ0n) is 13.1. The van der Waals surface area contributed by atoms with Gasteiger partial charge in [-0.1, -0.05) is 43.2 Å². The highest BCUT2D eigenvalue weighted by molar-refractivity contribution is 5.67. The van der Waals surface area contributed by atoms with Gasteiger partial charge in [0.2, 0.25) is 0 Å². The van der Waals surface area contributed by atoms with Crippen molar-refractivity contribution >= 4 is 12.4 Å². The molecule has 1 aliphatic rings. The van der Waals surface area contributed by atoms with Crippen molar-refractivity contribution in [1.82, 2.24) is 4.90 Å². The van der Waals surface area contributed by atoms with Crippen LogP contribution in [0.4, 0.5) is 4.79 Å². The number of likely N-dealkylation sites (tertiary alicyclic amines) is 1. The van der Waals surface area contributed by atoms with Crippen LogP contribution in [0.1, 0.15) is 44.1 Å². The van der Waals surface area contributed by atoms with E-state index in [-0.39, 0.29) is 6.09 Å². The Balaban J connectivity index is 1.63. The van der Waals surface area contributed by atoms with E-state index in [4.69, 9.17) is 4.74 Å². The fourth-order valence-corrected chi connectivity index (χ4v) is 2.88. The molecule has 0 spiro atoms. The van der Waals surface area contributed by atoms with E-state index in [0.717, 1.165) is 50.6 Å². The molecule has 1 saturated heterocycles. The number of ether oxygens (including phenoxy) is 1. The Kier molecular flexibility index (Phi) is 6.94. The molecule has 0 unspecified atom stereocenters. The molecule has 0 aromatic heterocycles. The first-order valence-corrected chi connectivity index (χ1v) is 8.19. The van der Waals surface area contributed by atoms with E-state index in [1.54, 1.807) is 0 Å². The molecule has 0 aliphatic carbocycles. The van der Waals surface area contributed by atoms with Gasteiger partial charge in [-0.25, -0.2) is 4.79 Å². The smallest absolute Gasteiger partial charge is 0.410 e. The maximum atomic E-state index is 12.0. The lowest BCUT2D eigenvalue weighted by molar-refractivity contribution is -0.107. The molecular weight excluding hydrogens is 278 g/mol. The summed E-state index contributed by atoms with van der Waals surface area (Å²) in [7, 11) is 0. The normalized spacial score (nSPS) is 15.5. The predicted molar refractivity (Wildman–Crippen MR) is 85.5 cm³/mol. The Hall–Kier alpha value is -1.84. The second kappa shape index (κ2) is 9.23. The zero-order chi connectivity index (χ0) is 15.6. The molecule has 0 saturated carbocycles. The van der Waals surface area contributed by atoms with Crippen LogP contribution in [0.2, 0.25) is 0 Å². The number of aldehydes is 1. The summed E-state index contributed by atoms with van der Waals surface area (Å²) < 4.78 is 5.36. The molecule has 1 aliphatic heterocycles. The fraction of sp³-hybridized carbons (Fsp3) is 0.556. The lowest BCUT2D eigenvalue weighted by atomic mass is 9.91. The topological polar surface area (TPSA) is 46.6 Å². The van der Waals surface area contributed by atoms with Gasteiger partial charge in [0.05, 0.1) is 0 Å². The van der Waals surface area contributed by atoms with Gasteiger partial charge in [0.15, 0.2) is 0 Å². The van der Waals surface area contributed by atoms with E-state index >= 15 is 0 Å². The number of benzene rings is 1. The largest absolute Gasteiger partial charge is 0.445 e. The van der Waals surface area contributed by atoms with E-state index in [9.17, 15) is 9.59 Å². The highest BCUT2D eigenvalue weighted by atomic mass is 16.6. The number of carbonyl (C=O) groups is 2. The number of piperidine rings is 1. The molecule has 1 fully saturated rings. The first-order valence-electron chi connectivity index (χ1n) is 8.19. The Morgan fingerprint density at radius 1 is 1.18 bits per heavy atom. The Bertz CT molecular complexity index is 453. The van der Waals surface area contributed by atoms with Crippen molar-refractivity contribution in [3.8, 4) is 0 Å². The Morgan fingerprint density at radius 3 is 2.59 bits per heavy atom. The zero-order valence-corrected chi connectivity index (χ0v) is 13.1. The molecule has 1 amide bonds. The van der Waals surface area contributed by atoms with Crippen LogP contribution in [0.25, 0.3) is 0 Å². The lowest BCUT2D eigenvalue weighted by Gasteiger charge is -2.31. The molecule has 0 N–H and O–H groups in total. The minimum absolute atomic E-state index is 0.205.